The van der Waals surface area contributed by atoms with E-state index in [1.54, 1.807) is 13.2 Å². The lowest BCUT2D eigenvalue weighted by Crippen LogP contribution is -2.26. The third-order valence-corrected chi connectivity index (χ3v) is 5.69. The minimum absolute atomic E-state index is 0.299. The van der Waals surface area contributed by atoms with E-state index in [1.165, 1.54) is 18.9 Å². The van der Waals surface area contributed by atoms with Crippen LogP contribution in [0, 0.1) is 0 Å². The molecule has 0 radical (unpaired) electrons. The summed E-state index contributed by atoms with van der Waals surface area (Å²) in [5.41, 5.74) is 1.29. The van der Waals surface area contributed by atoms with Crippen molar-refractivity contribution in [2.24, 2.45) is 5.10 Å². The molecule has 4 aromatic rings. The lowest BCUT2D eigenvalue weighted by molar-refractivity contribution is -0.135. The molecule has 0 bridgehead atoms. The average Bonchev–Trinajstić information content (AvgIpc) is 3.28. The zero-order valence-electron chi connectivity index (χ0n) is 18.9. The summed E-state index contributed by atoms with van der Waals surface area (Å²) >= 11 is 0. The molecule has 0 saturated carbocycles. The standard InChI is InChI=1S/C27H22N2O5/c1-16(30)29-27(25-23-7-5-4-6-18(23)11-13-24(25)33-17(2)31)34-26(28-29)21-9-8-20-15-22(32-3)12-10-19(20)14-21/h4-15,27H,1-3H3/t27-/m0/s1. The Morgan fingerprint density at radius 3 is 2.41 bits per heavy atom. The fraction of sp³-hybridized carbons (Fsp3) is 0.148. The van der Waals surface area contributed by atoms with Gasteiger partial charge in [0.2, 0.25) is 18.0 Å². The van der Waals surface area contributed by atoms with Gasteiger partial charge in [-0.25, -0.2) is 0 Å². The fourth-order valence-corrected chi connectivity index (χ4v) is 4.13. The van der Waals surface area contributed by atoms with Gasteiger partial charge in [0, 0.05) is 19.4 Å². The van der Waals surface area contributed by atoms with Gasteiger partial charge in [0.05, 0.1) is 12.7 Å². The smallest absolute Gasteiger partial charge is 0.308 e. The van der Waals surface area contributed by atoms with Gasteiger partial charge in [-0.15, -0.1) is 5.10 Å². The van der Waals surface area contributed by atoms with Crippen LogP contribution in [0.5, 0.6) is 11.5 Å². The zero-order valence-corrected chi connectivity index (χ0v) is 18.9. The van der Waals surface area contributed by atoms with Crippen LogP contribution in [0.3, 0.4) is 0 Å². The summed E-state index contributed by atoms with van der Waals surface area (Å²) in [6.45, 7) is 2.76. The van der Waals surface area contributed by atoms with Crippen LogP contribution in [0.15, 0.2) is 77.9 Å². The van der Waals surface area contributed by atoms with Crippen molar-refractivity contribution in [3.63, 3.8) is 0 Å². The number of hydrogen-bond donors (Lipinski definition) is 0. The van der Waals surface area contributed by atoms with E-state index < -0.39 is 12.2 Å². The number of carbonyl (C=O) groups is 2. The third-order valence-electron chi connectivity index (χ3n) is 5.69. The number of hydrogen-bond acceptors (Lipinski definition) is 6. The maximum Gasteiger partial charge on any atom is 0.308 e. The van der Waals surface area contributed by atoms with Crippen molar-refractivity contribution in [2.75, 3.05) is 7.11 Å². The summed E-state index contributed by atoms with van der Waals surface area (Å²) in [7, 11) is 1.63. The van der Waals surface area contributed by atoms with E-state index in [4.69, 9.17) is 14.2 Å². The summed E-state index contributed by atoms with van der Waals surface area (Å²) < 4.78 is 17.1. The van der Waals surface area contributed by atoms with Crippen LogP contribution in [0.4, 0.5) is 0 Å². The van der Waals surface area contributed by atoms with Gasteiger partial charge in [0.15, 0.2) is 0 Å². The van der Waals surface area contributed by atoms with Gasteiger partial charge in [-0.2, -0.15) is 5.01 Å². The second-order valence-electron chi connectivity index (χ2n) is 7.96. The molecule has 1 aliphatic heterocycles. The van der Waals surface area contributed by atoms with Gasteiger partial charge in [0.1, 0.15) is 11.5 Å². The number of rotatable bonds is 4. The molecule has 0 aliphatic carbocycles. The van der Waals surface area contributed by atoms with Crippen LogP contribution >= 0.6 is 0 Å². The predicted octanol–water partition coefficient (Wildman–Crippen LogP) is 5.17. The van der Waals surface area contributed by atoms with Crippen molar-refractivity contribution >= 4 is 39.3 Å². The minimum atomic E-state index is -0.889. The second-order valence-corrected chi connectivity index (χ2v) is 7.96. The molecular formula is C27H22N2O5. The monoisotopic (exact) mass is 454 g/mol. The SMILES string of the molecule is COc1ccc2cc(C3=NN(C(C)=O)[C@H](c4c(OC(C)=O)ccc5ccccc45)O3)ccc2c1. The maximum absolute atomic E-state index is 12.6. The molecule has 7 heteroatoms. The van der Waals surface area contributed by atoms with Crippen LogP contribution in [-0.4, -0.2) is 29.9 Å². The maximum atomic E-state index is 12.6. The van der Waals surface area contributed by atoms with Gasteiger partial charge < -0.3 is 14.2 Å². The number of nitrogens with zero attached hydrogens (tertiary/aromatic N) is 2. The quantitative estimate of drug-likeness (QED) is 0.314. The van der Waals surface area contributed by atoms with Crippen molar-refractivity contribution in [2.45, 2.75) is 20.1 Å². The van der Waals surface area contributed by atoms with E-state index >= 15 is 0 Å². The van der Waals surface area contributed by atoms with E-state index in [0.29, 0.717) is 17.2 Å². The van der Waals surface area contributed by atoms with E-state index in [0.717, 1.165) is 32.9 Å². The van der Waals surface area contributed by atoms with Crippen molar-refractivity contribution in [3.05, 3.63) is 83.9 Å². The predicted molar refractivity (Wildman–Crippen MR) is 129 cm³/mol. The Bertz CT molecular complexity index is 1480. The lowest BCUT2D eigenvalue weighted by Gasteiger charge is -2.23. The lowest BCUT2D eigenvalue weighted by atomic mass is 10.0. The van der Waals surface area contributed by atoms with Crippen LogP contribution < -0.4 is 9.47 Å². The highest BCUT2D eigenvalue weighted by Crippen LogP contribution is 2.40. The minimum Gasteiger partial charge on any atom is -0.497 e. The molecule has 0 N–H and O–H groups in total. The topological polar surface area (TPSA) is 77.4 Å². The Balaban J connectivity index is 1.60. The normalized spacial score (nSPS) is 15.2. The summed E-state index contributed by atoms with van der Waals surface area (Å²) in [6, 6.07) is 22.8. The molecule has 1 aliphatic rings. The summed E-state index contributed by atoms with van der Waals surface area (Å²) in [5, 5.41) is 9.49. The number of carbonyl (C=O) groups excluding carboxylic acids is 2. The average molecular weight is 454 g/mol. The number of amides is 1. The first-order valence-corrected chi connectivity index (χ1v) is 10.8. The summed E-state index contributed by atoms with van der Waals surface area (Å²) in [5.74, 6) is 0.637. The molecule has 7 nitrogen and oxygen atoms in total. The summed E-state index contributed by atoms with van der Waals surface area (Å²) in [4.78, 5) is 24.4. The van der Waals surface area contributed by atoms with Crippen molar-refractivity contribution in [3.8, 4) is 11.5 Å². The summed E-state index contributed by atoms with van der Waals surface area (Å²) in [6.07, 6.45) is -0.889. The highest BCUT2D eigenvalue weighted by molar-refractivity contribution is 6.01. The second kappa shape index (κ2) is 8.51. The first-order chi connectivity index (χ1) is 16.4. The van der Waals surface area contributed by atoms with Crippen molar-refractivity contribution < 1.29 is 23.8 Å². The third kappa shape index (κ3) is 3.81. The number of ether oxygens (including phenoxy) is 3. The van der Waals surface area contributed by atoms with Crippen LogP contribution in [0.1, 0.15) is 31.2 Å². The molecule has 170 valence electrons. The molecule has 34 heavy (non-hydrogen) atoms. The molecule has 0 fully saturated rings. The number of hydrazone groups is 1. The van der Waals surface area contributed by atoms with Gasteiger partial charge in [-0.3, -0.25) is 9.59 Å². The van der Waals surface area contributed by atoms with Crippen LogP contribution in [0.2, 0.25) is 0 Å². The van der Waals surface area contributed by atoms with Crippen LogP contribution in [0.25, 0.3) is 21.5 Å². The molecule has 1 heterocycles. The Morgan fingerprint density at radius 2 is 1.65 bits per heavy atom. The Morgan fingerprint density at radius 1 is 0.912 bits per heavy atom. The van der Waals surface area contributed by atoms with Gasteiger partial charge in [0.25, 0.3) is 0 Å². The Kier molecular flexibility index (Phi) is 5.37. The highest BCUT2D eigenvalue weighted by atomic mass is 16.5. The van der Waals surface area contributed by atoms with Crippen molar-refractivity contribution in [1.29, 1.82) is 0 Å². The Labute approximate surface area is 196 Å². The fourth-order valence-electron chi connectivity index (χ4n) is 4.13. The first kappa shape index (κ1) is 21.5. The first-order valence-electron chi connectivity index (χ1n) is 10.8. The molecule has 1 amide bonds. The number of fused-ring (bicyclic) bond motifs is 2. The van der Waals surface area contributed by atoms with E-state index in [-0.39, 0.29) is 5.91 Å². The van der Waals surface area contributed by atoms with Crippen molar-refractivity contribution in [1.82, 2.24) is 5.01 Å². The number of methoxy groups -OCH3 is 1. The highest BCUT2D eigenvalue weighted by Gasteiger charge is 2.36. The molecule has 5 rings (SSSR count). The van der Waals surface area contributed by atoms with E-state index in [9.17, 15) is 9.59 Å². The zero-order chi connectivity index (χ0) is 23.8. The number of esters is 1. The van der Waals surface area contributed by atoms with E-state index in [1.807, 2.05) is 66.7 Å². The van der Waals surface area contributed by atoms with Crippen LogP contribution in [-0.2, 0) is 14.3 Å². The number of benzene rings is 4. The molecule has 0 aromatic heterocycles. The van der Waals surface area contributed by atoms with Gasteiger partial charge >= 0.3 is 5.97 Å². The molecular weight excluding hydrogens is 432 g/mol. The van der Waals surface area contributed by atoms with Gasteiger partial charge in [-0.1, -0.05) is 42.5 Å². The largest absolute Gasteiger partial charge is 0.497 e. The van der Waals surface area contributed by atoms with Gasteiger partial charge in [-0.05, 0) is 51.9 Å². The Hall–Kier alpha value is -4.39. The molecule has 0 saturated heterocycles. The van der Waals surface area contributed by atoms with E-state index in [2.05, 4.69) is 5.10 Å². The molecule has 4 aromatic carbocycles. The molecule has 0 unspecified atom stereocenters. The molecule has 1 atom stereocenters. The molecule has 0 spiro atoms.